The second-order valence-corrected chi connectivity index (χ2v) is 9.90. The zero-order valence-corrected chi connectivity index (χ0v) is 18.5. The Morgan fingerprint density at radius 2 is 1.86 bits per heavy atom. The Balaban J connectivity index is 1.67. The van der Waals surface area contributed by atoms with Gasteiger partial charge in [0.1, 0.15) is 24.0 Å². The van der Waals surface area contributed by atoms with Crippen LogP contribution in [0.5, 0.6) is 5.75 Å². The molecule has 0 bridgehead atoms. The molecule has 1 aliphatic carbocycles. The summed E-state index contributed by atoms with van der Waals surface area (Å²) in [6, 6.07) is 3.60. The molecule has 3 atom stereocenters. The summed E-state index contributed by atoms with van der Waals surface area (Å²) in [5.74, 6) is 0.883. The highest BCUT2D eigenvalue weighted by Crippen LogP contribution is 2.46. The zero-order valence-electron chi connectivity index (χ0n) is 18.5. The minimum Gasteiger partial charge on any atom is -0.490 e. The van der Waals surface area contributed by atoms with Crippen LogP contribution in [0.2, 0.25) is 0 Å². The lowest BCUT2D eigenvalue weighted by Gasteiger charge is -2.43. The van der Waals surface area contributed by atoms with E-state index in [9.17, 15) is 14.7 Å². The van der Waals surface area contributed by atoms with Crippen molar-refractivity contribution in [1.29, 1.82) is 0 Å². The predicted molar refractivity (Wildman–Crippen MR) is 112 cm³/mol. The minimum atomic E-state index is -0.951. The number of imide groups is 1. The molecule has 2 N–H and O–H groups in total. The van der Waals surface area contributed by atoms with Crippen molar-refractivity contribution >= 4 is 11.9 Å². The molecule has 2 fully saturated rings. The number of aryl methyl sites for hydroxylation is 2. The molecule has 1 aromatic rings. The first kappa shape index (κ1) is 21.6. The van der Waals surface area contributed by atoms with E-state index in [4.69, 9.17) is 4.74 Å². The first-order valence-corrected chi connectivity index (χ1v) is 10.5. The van der Waals surface area contributed by atoms with Crippen LogP contribution in [0.4, 0.5) is 4.79 Å². The Kier molecular flexibility index (Phi) is 5.69. The normalized spacial score (nSPS) is 27.3. The Morgan fingerprint density at radius 1 is 1.21 bits per heavy atom. The molecule has 29 heavy (non-hydrogen) atoms. The van der Waals surface area contributed by atoms with Crippen molar-refractivity contribution in [2.45, 2.75) is 72.4 Å². The van der Waals surface area contributed by atoms with Gasteiger partial charge in [0.15, 0.2) is 0 Å². The summed E-state index contributed by atoms with van der Waals surface area (Å²) in [7, 11) is 0. The monoisotopic (exact) mass is 402 g/mol. The van der Waals surface area contributed by atoms with E-state index < -0.39 is 17.7 Å². The van der Waals surface area contributed by atoms with E-state index in [-0.39, 0.29) is 24.5 Å². The molecule has 3 amide bonds. The molecule has 1 heterocycles. The van der Waals surface area contributed by atoms with Crippen LogP contribution in [0.3, 0.4) is 0 Å². The summed E-state index contributed by atoms with van der Waals surface area (Å²) in [5, 5.41) is 13.4. The average Bonchev–Trinajstić information content (AvgIpc) is 2.80. The third-order valence-electron chi connectivity index (χ3n) is 6.31. The number of carbonyl (C=O) groups is 2. The van der Waals surface area contributed by atoms with Crippen LogP contribution in [-0.2, 0) is 4.79 Å². The number of urea groups is 1. The quantitative estimate of drug-likeness (QED) is 0.739. The van der Waals surface area contributed by atoms with Gasteiger partial charge in [-0.3, -0.25) is 9.69 Å². The van der Waals surface area contributed by atoms with E-state index in [1.807, 2.05) is 32.9 Å². The van der Waals surface area contributed by atoms with E-state index in [0.717, 1.165) is 33.8 Å². The number of hydrogen-bond donors (Lipinski definition) is 2. The molecule has 160 valence electrons. The molecular formula is C23H34N2O4. The molecule has 0 aromatic heterocycles. The number of benzene rings is 1. The van der Waals surface area contributed by atoms with Gasteiger partial charge in [0.25, 0.3) is 5.91 Å². The number of nitrogens with zero attached hydrogens (tertiary/aromatic N) is 1. The van der Waals surface area contributed by atoms with Crippen molar-refractivity contribution < 1.29 is 19.4 Å². The Hall–Kier alpha value is -2.08. The van der Waals surface area contributed by atoms with Gasteiger partial charge < -0.3 is 15.2 Å². The number of aliphatic hydroxyl groups is 1. The van der Waals surface area contributed by atoms with Crippen LogP contribution in [0.1, 0.15) is 56.7 Å². The van der Waals surface area contributed by atoms with Crippen molar-refractivity contribution in [3.05, 3.63) is 28.8 Å². The Morgan fingerprint density at radius 3 is 2.52 bits per heavy atom. The summed E-state index contributed by atoms with van der Waals surface area (Å²) in [5.41, 5.74) is 2.28. The molecule has 2 aliphatic rings. The van der Waals surface area contributed by atoms with Gasteiger partial charge in [0, 0.05) is 0 Å². The molecule has 3 unspecified atom stereocenters. The number of aliphatic hydroxyl groups excluding tert-OH is 1. The van der Waals surface area contributed by atoms with Gasteiger partial charge in [-0.1, -0.05) is 32.9 Å². The third kappa shape index (κ3) is 4.27. The first-order chi connectivity index (χ1) is 13.4. The van der Waals surface area contributed by atoms with E-state index in [0.29, 0.717) is 18.8 Å². The molecule has 1 aromatic carbocycles. The van der Waals surface area contributed by atoms with Crippen LogP contribution >= 0.6 is 0 Å². The van der Waals surface area contributed by atoms with Crippen LogP contribution in [0.25, 0.3) is 0 Å². The van der Waals surface area contributed by atoms with Gasteiger partial charge in [-0.05, 0) is 68.1 Å². The number of ether oxygens (including phenoxy) is 1. The SMILES string of the molecule is Cc1ccc(C)c(OCC(O)CN2C(=O)NC3(CC(C)CC(C)(C)C3)C2=O)c1C. The van der Waals surface area contributed by atoms with Gasteiger partial charge in [-0.15, -0.1) is 0 Å². The summed E-state index contributed by atoms with van der Waals surface area (Å²) in [6.45, 7) is 12.3. The van der Waals surface area contributed by atoms with Crippen molar-refractivity contribution in [1.82, 2.24) is 10.2 Å². The molecule has 1 saturated heterocycles. The molecule has 1 saturated carbocycles. The fourth-order valence-corrected chi connectivity index (χ4v) is 5.26. The van der Waals surface area contributed by atoms with Gasteiger partial charge >= 0.3 is 6.03 Å². The lowest BCUT2D eigenvalue weighted by molar-refractivity contribution is -0.135. The second-order valence-electron chi connectivity index (χ2n) is 9.90. The number of amides is 3. The van der Waals surface area contributed by atoms with Crippen LogP contribution in [-0.4, -0.2) is 46.7 Å². The fraction of sp³-hybridized carbons (Fsp3) is 0.652. The average molecular weight is 403 g/mol. The largest absolute Gasteiger partial charge is 0.490 e. The van der Waals surface area contributed by atoms with Crippen molar-refractivity contribution in [2.24, 2.45) is 11.3 Å². The smallest absolute Gasteiger partial charge is 0.325 e. The van der Waals surface area contributed by atoms with Gasteiger partial charge in [0.2, 0.25) is 0 Å². The summed E-state index contributed by atoms with van der Waals surface area (Å²) in [4.78, 5) is 26.9. The summed E-state index contributed by atoms with van der Waals surface area (Å²) in [6.07, 6.45) is 1.35. The van der Waals surface area contributed by atoms with E-state index in [1.54, 1.807) is 0 Å². The summed E-state index contributed by atoms with van der Waals surface area (Å²) < 4.78 is 5.86. The minimum absolute atomic E-state index is 0.0153. The zero-order chi connectivity index (χ0) is 21.6. The Bertz CT molecular complexity index is 819. The lowest BCUT2D eigenvalue weighted by atomic mass is 9.64. The summed E-state index contributed by atoms with van der Waals surface area (Å²) >= 11 is 0. The second kappa shape index (κ2) is 7.63. The standard InChI is InChI=1S/C23H34N2O4/c1-14-9-22(5,6)13-23(10-14)20(27)25(21(28)24-23)11-18(26)12-29-19-16(3)8-7-15(2)17(19)4/h7-8,14,18,26H,9-13H2,1-6H3,(H,24,28). The van der Waals surface area contributed by atoms with E-state index in [1.165, 1.54) is 0 Å². The maximum Gasteiger partial charge on any atom is 0.325 e. The number of carbonyl (C=O) groups excluding carboxylic acids is 2. The fourth-order valence-electron chi connectivity index (χ4n) is 5.26. The first-order valence-electron chi connectivity index (χ1n) is 10.5. The third-order valence-corrected chi connectivity index (χ3v) is 6.31. The molecular weight excluding hydrogens is 368 g/mol. The van der Waals surface area contributed by atoms with Crippen LogP contribution in [0, 0.1) is 32.1 Å². The van der Waals surface area contributed by atoms with Crippen molar-refractivity contribution in [2.75, 3.05) is 13.2 Å². The van der Waals surface area contributed by atoms with Crippen molar-refractivity contribution in [3.63, 3.8) is 0 Å². The molecule has 1 aliphatic heterocycles. The molecule has 1 spiro atoms. The Labute approximate surface area is 173 Å². The number of β-amino-alcohol motifs (C(OH)–C–C–N with tert-alkyl or cyclic N) is 1. The number of nitrogens with one attached hydrogen (secondary N) is 1. The van der Waals surface area contributed by atoms with Crippen LogP contribution in [0.15, 0.2) is 12.1 Å². The van der Waals surface area contributed by atoms with Crippen LogP contribution < -0.4 is 10.1 Å². The van der Waals surface area contributed by atoms with Crippen molar-refractivity contribution in [3.8, 4) is 5.75 Å². The maximum atomic E-state index is 13.2. The number of rotatable bonds is 5. The van der Waals surface area contributed by atoms with Gasteiger partial charge in [0.05, 0.1) is 6.54 Å². The van der Waals surface area contributed by atoms with Gasteiger partial charge in [-0.2, -0.15) is 0 Å². The highest BCUT2D eigenvalue weighted by molar-refractivity contribution is 6.07. The number of hydrogen-bond acceptors (Lipinski definition) is 4. The molecule has 0 radical (unpaired) electrons. The van der Waals surface area contributed by atoms with Gasteiger partial charge in [-0.25, -0.2) is 4.79 Å². The molecule has 3 rings (SSSR count). The molecule has 6 heteroatoms. The predicted octanol–water partition coefficient (Wildman–Crippen LogP) is 3.49. The topological polar surface area (TPSA) is 78.9 Å². The highest BCUT2D eigenvalue weighted by atomic mass is 16.5. The maximum absolute atomic E-state index is 13.2. The highest BCUT2D eigenvalue weighted by Gasteiger charge is 2.56. The lowest BCUT2D eigenvalue weighted by Crippen LogP contribution is -2.54. The van der Waals surface area contributed by atoms with E-state index >= 15 is 0 Å². The molecule has 6 nitrogen and oxygen atoms in total. The van der Waals surface area contributed by atoms with E-state index in [2.05, 4.69) is 26.1 Å².